The standard InChI is InChI=1S/C10H16Se/c1-7(2)9-5-6-10(11-9)8(3)4/h5-8H,1-4H3. The van der Waals surface area contributed by atoms with Crippen molar-refractivity contribution in [1.29, 1.82) is 0 Å². The van der Waals surface area contributed by atoms with Gasteiger partial charge in [0.15, 0.2) is 0 Å². The molecule has 11 heavy (non-hydrogen) atoms. The topological polar surface area (TPSA) is 0 Å². The third-order valence-electron chi connectivity index (χ3n) is 1.79. The molecule has 62 valence electrons. The van der Waals surface area contributed by atoms with Gasteiger partial charge < -0.3 is 0 Å². The molecule has 0 atom stereocenters. The van der Waals surface area contributed by atoms with Crippen LogP contribution in [0.3, 0.4) is 0 Å². The molecule has 1 rings (SSSR count). The molecule has 0 bridgehead atoms. The van der Waals surface area contributed by atoms with Gasteiger partial charge >= 0.3 is 75.0 Å². The van der Waals surface area contributed by atoms with Gasteiger partial charge in [0.1, 0.15) is 0 Å². The molecule has 0 amide bonds. The molecular weight excluding hydrogens is 199 g/mol. The van der Waals surface area contributed by atoms with E-state index in [1.807, 2.05) is 0 Å². The van der Waals surface area contributed by atoms with Gasteiger partial charge in [-0.05, 0) is 0 Å². The zero-order valence-electron chi connectivity index (χ0n) is 7.72. The summed E-state index contributed by atoms with van der Waals surface area (Å²) < 4.78 is 3.31. The Hall–Kier alpha value is -0.000519. The first-order chi connectivity index (χ1) is 5.11. The monoisotopic (exact) mass is 216 g/mol. The zero-order valence-corrected chi connectivity index (χ0v) is 9.43. The maximum atomic E-state index is 2.32. The molecule has 0 aromatic carbocycles. The first-order valence-corrected chi connectivity index (χ1v) is 5.92. The molecule has 0 spiro atoms. The Morgan fingerprint density at radius 3 is 1.45 bits per heavy atom. The van der Waals surface area contributed by atoms with E-state index in [9.17, 15) is 0 Å². The van der Waals surface area contributed by atoms with Crippen LogP contribution in [0.5, 0.6) is 0 Å². The van der Waals surface area contributed by atoms with Crippen LogP contribution in [0.25, 0.3) is 0 Å². The second-order valence-electron chi connectivity index (χ2n) is 3.55. The molecule has 0 aliphatic rings. The van der Waals surface area contributed by atoms with Crippen molar-refractivity contribution in [1.82, 2.24) is 0 Å². The van der Waals surface area contributed by atoms with Crippen LogP contribution in [0.2, 0.25) is 0 Å². The molecule has 1 aromatic rings. The predicted molar refractivity (Wildman–Crippen MR) is 51.6 cm³/mol. The van der Waals surface area contributed by atoms with Gasteiger partial charge in [0.05, 0.1) is 0 Å². The quantitative estimate of drug-likeness (QED) is 0.665. The van der Waals surface area contributed by atoms with Gasteiger partial charge in [0, 0.05) is 0 Å². The van der Waals surface area contributed by atoms with Crippen LogP contribution in [-0.2, 0) is 0 Å². The Morgan fingerprint density at radius 1 is 0.909 bits per heavy atom. The summed E-state index contributed by atoms with van der Waals surface area (Å²) in [6, 6.07) is 4.64. The zero-order chi connectivity index (χ0) is 8.43. The van der Waals surface area contributed by atoms with Crippen molar-refractivity contribution in [3.63, 3.8) is 0 Å². The van der Waals surface area contributed by atoms with Crippen molar-refractivity contribution in [3.8, 4) is 0 Å². The summed E-state index contributed by atoms with van der Waals surface area (Å²) in [5, 5.41) is 0. The third kappa shape index (κ3) is 2.21. The fraction of sp³-hybridized carbons (Fsp3) is 0.600. The summed E-state index contributed by atoms with van der Waals surface area (Å²) >= 11 is 0.669. The van der Waals surface area contributed by atoms with E-state index in [-0.39, 0.29) is 0 Å². The summed E-state index contributed by atoms with van der Waals surface area (Å²) in [6.07, 6.45) is 0. The van der Waals surface area contributed by atoms with Gasteiger partial charge in [-0.1, -0.05) is 0 Å². The SMILES string of the molecule is CC(C)c1ccc(C(C)C)[se]1. The Labute approximate surface area is 75.4 Å². The van der Waals surface area contributed by atoms with Crippen molar-refractivity contribution in [2.75, 3.05) is 0 Å². The van der Waals surface area contributed by atoms with Crippen LogP contribution >= 0.6 is 0 Å². The summed E-state index contributed by atoms with van der Waals surface area (Å²) in [5.74, 6) is 1.50. The molecule has 0 radical (unpaired) electrons. The van der Waals surface area contributed by atoms with E-state index >= 15 is 0 Å². The molecule has 0 fully saturated rings. The van der Waals surface area contributed by atoms with Crippen LogP contribution in [0, 0.1) is 0 Å². The van der Waals surface area contributed by atoms with Gasteiger partial charge in [0.25, 0.3) is 0 Å². The normalized spacial score (nSPS) is 11.5. The van der Waals surface area contributed by atoms with E-state index in [0.717, 1.165) is 11.8 Å². The Kier molecular flexibility index (Phi) is 2.97. The van der Waals surface area contributed by atoms with Crippen LogP contribution in [0.15, 0.2) is 12.1 Å². The molecule has 1 aromatic heterocycles. The van der Waals surface area contributed by atoms with Gasteiger partial charge in [-0.3, -0.25) is 0 Å². The average Bonchev–Trinajstić information content (AvgIpc) is 2.33. The minimum absolute atomic E-state index is 0.669. The van der Waals surface area contributed by atoms with Crippen molar-refractivity contribution in [2.24, 2.45) is 0 Å². The summed E-state index contributed by atoms with van der Waals surface area (Å²) in [5.41, 5.74) is 0. The van der Waals surface area contributed by atoms with E-state index in [1.54, 1.807) is 8.87 Å². The van der Waals surface area contributed by atoms with E-state index in [4.69, 9.17) is 0 Å². The molecule has 1 heterocycles. The first kappa shape index (κ1) is 9.09. The Balaban J connectivity index is 2.82. The molecule has 0 nitrogen and oxygen atoms in total. The summed E-state index contributed by atoms with van der Waals surface area (Å²) in [7, 11) is 0. The second-order valence-corrected chi connectivity index (χ2v) is 5.96. The van der Waals surface area contributed by atoms with Gasteiger partial charge in [-0.15, -0.1) is 0 Å². The van der Waals surface area contributed by atoms with E-state index in [2.05, 4.69) is 39.8 Å². The molecule has 0 unspecified atom stereocenters. The number of hydrogen-bond donors (Lipinski definition) is 0. The summed E-state index contributed by atoms with van der Waals surface area (Å²) in [4.78, 5) is 0. The van der Waals surface area contributed by atoms with Crippen molar-refractivity contribution >= 4 is 14.5 Å². The molecular formula is C10H16Se. The minimum atomic E-state index is 0.669. The van der Waals surface area contributed by atoms with Gasteiger partial charge in [-0.2, -0.15) is 0 Å². The third-order valence-corrected chi connectivity index (χ3v) is 5.32. The summed E-state index contributed by atoms with van der Waals surface area (Å²) in [6.45, 7) is 9.13. The number of hydrogen-bond acceptors (Lipinski definition) is 0. The number of rotatable bonds is 2. The van der Waals surface area contributed by atoms with Crippen molar-refractivity contribution < 1.29 is 0 Å². The molecule has 0 aliphatic carbocycles. The van der Waals surface area contributed by atoms with Crippen LogP contribution < -0.4 is 0 Å². The Bertz CT molecular complexity index is 198. The van der Waals surface area contributed by atoms with Crippen LogP contribution in [0.1, 0.15) is 48.4 Å². The van der Waals surface area contributed by atoms with Crippen LogP contribution in [0.4, 0.5) is 0 Å². The molecule has 0 N–H and O–H groups in total. The first-order valence-electron chi connectivity index (χ1n) is 4.21. The van der Waals surface area contributed by atoms with Gasteiger partial charge in [0.2, 0.25) is 0 Å². The van der Waals surface area contributed by atoms with Gasteiger partial charge in [-0.25, -0.2) is 0 Å². The predicted octanol–water partition coefficient (Wildman–Crippen LogP) is 2.99. The second kappa shape index (κ2) is 3.60. The maximum absolute atomic E-state index is 2.32. The average molecular weight is 215 g/mol. The van der Waals surface area contributed by atoms with E-state index < -0.39 is 0 Å². The molecule has 0 aliphatic heterocycles. The van der Waals surface area contributed by atoms with E-state index in [0.29, 0.717) is 14.5 Å². The van der Waals surface area contributed by atoms with Crippen LogP contribution in [-0.4, -0.2) is 14.5 Å². The Morgan fingerprint density at radius 2 is 1.27 bits per heavy atom. The van der Waals surface area contributed by atoms with Crippen molar-refractivity contribution in [2.45, 2.75) is 39.5 Å². The fourth-order valence-electron chi connectivity index (χ4n) is 0.989. The molecule has 1 heteroatoms. The van der Waals surface area contributed by atoms with Crippen molar-refractivity contribution in [3.05, 3.63) is 21.0 Å². The molecule has 0 saturated heterocycles. The van der Waals surface area contributed by atoms with E-state index in [1.165, 1.54) is 0 Å². The fourth-order valence-corrected chi connectivity index (χ4v) is 3.12. The molecule has 0 saturated carbocycles.